The Hall–Kier alpha value is -9.85. The molecule has 0 unspecified atom stereocenters. The zero-order valence-corrected chi connectivity index (χ0v) is 79.6. The molecule has 26 nitrogen and oxygen atoms in total. The van der Waals surface area contributed by atoms with Gasteiger partial charge in [0.1, 0.15) is 45.9 Å². The molecular weight excluding hydrogens is 1960 g/mol. The normalized spacial score (nSPS) is 24.7. The Morgan fingerprint density at radius 3 is 1.01 bits per heavy atom. The number of carboxylic acids is 2. The number of aromatic hydroxyl groups is 1. The van der Waals surface area contributed by atoms with Gasteiger partial charge in [0.05, 0.1) is 97.2 Å². The molecule has 0 spiro atoms. The van der Waals surface area contributed by atoms with Gasteiger partial charge < -0.3 is 84.2 Å². The van der Waals surface area contributed by atoms with Gasteiger partial charge in [-0.05, 0) is 207 Å². The Balaban J connectivity index is 0.000000191. The van der Waals surface area contributed by atoms with Crippen LogP contribution in [0.4, 0.5) is 109 Å². The minimum absolute atomic E-state index is 0. The summed E-state index contributed by atoms with van der Waals surface area (Å²) >= 11 is 0. The average molecular weight is 2070 g/mol. The summed E-state index contributed by atoms with van der Waals surface area (Å²) in [5.41, 5.74) is -7.60. The fraction of sp³-hybridized carbons (Fsp3) is 0.558. The van der Waals surface area contributed by atoms with Crippen LogP contribution < -0.4 is 59.5 Å². The van der Waals surface area contributed by atoms with E-state index in [-0.39, 0.29) is 150 Å². The van der Waals surface area contributed by atoms with E-state index in [1.807, 2.05) is 18.7 Å². The zero-order valence-electron chi connectivity index (χ0n) is 77.6. The number of benzene rings is 6. The number of nitrogens with zero attached hydrogens (tertiary/aromatic N) is 8. The second-order valence-corrected chi connectivity index (χ2v) is 37.0. The largest absolute Gasteiger partial charge is 1.00 e. The summed E-state index contributed by atoms with van der Waals surface area (Å²) in [7, 11) is 2.43. The van der Waals surface area contributed by atoms with E-state index in [2.05, 4.69) is 36.2 Å². The third kappa shape index (κ3) is 24.7. The summed E-state index contributed by atoms with van der Waals surface area (Å²) in [4.78, 5) is 90.3. The van der Waals surface area contributed by atoms with Crippen LogP contribution in [0.3, 0.4) is 0 Å². The molecule has 782 valence electrons. The van der Waals surface area contributed by atoms with Crippen LogP contribution in [0.2, 0.25) is 0 Å². The van der Waals surface area contributed by atoms with Gasteiger partial charge in [-0.2, -0.15) is 79.0 Å². The maximum Gasteiger partial charge on any atom is 1.00 e. The van der Waals surface area contributed by atoms with Crippen molar-refractivity contribution in [3.8, 4) is 17.2 Å². The van der Waals surface area contributed by atoms with Crippen LogP contribution in [0.25, 0.3) is 0 Å². The molecule has 3 saturated carbocycles. The predicted octanol–water partition coefficient (Wildman–Crippen LogP) is 14.5. The molecule has 2 amide bonds. The molecule has 6 aromatic rings. The standard InChI is InChI=1S/C32H34F7N3O5.C31H32F7N3O5.C22H29FN2O5.C9H7F6NO.CH4.Na.H2O/c1-18-14-40(9-10-42(18)22-5-6-26(33)24(13-22)28(43)45-2)23-7-8-30(47-16-23,20-3-4-20)29(44)41-15-19-11-21(31(34,35)36)12-25(32(37,38)39)27(19)46-17-41;1-17-13-39(8-9-41(17)21-4-5-25(32)23(12-21)27(42)43)22-6-7-29(46-15-22,19-2-3-19)28(44)40-14-18-10-20(30(33,34)35)11-24(31(36,37)38)26(18)45-16-40;1-14-12-24(17-7-8-22(21(27)28,30-13-17)15-3-4-15)9-10-25(14)16-5-6-19(23)18(11-16)20(26)29-2;10-8(11,12)5-1-4(3-16)7(17)6(2-5)9(13,14)15;;;/h5-6,11-13,18,20,23H,3-4,7-10,14-17H2,1-2H3;4-5,10-12,17,19,22H,2-3,6-9,13-16H2,1H3,(H,42,43);5-6,11,14-15,17H,3-4,7-10,12-13H2,1-2H3,(H,27,28);1-2,17H,3,16H2;1H4;;1H2/q;;;;;+1;/p-1/t18-,23+,30-;17-,22+,29-;14-,17+,22-;;;;/m000..../s1. The Kier molecular flexibility index (Phi) is 35.0. The Bertz CT molecular complexity index is 5580. The van der Waals surface area contributed by atoms with Crippen molar-refractivity contribution in [1.29, 1.82) is 0 Å². The molecule has 9 atom stereocenters. The van der Waals surface area contributed by atoms with E-state index in [4.69, 9.17) is 39.3 Å². The number of halogens is 21. The SMILES string of the molecule is C.COC(=O)c1cc(N2CCN([C@@H]3CC[C@@](C(=O)N4COc5c(cc(C(F)(F)F)cc5C(F)(F)F)C4)(C4CC4)OC3)C[C@@H]2C)ccc1F.COC(=O)c1cc(N2CCN([C@@H]3CC[C@@](C(=O)O)(C4CC4)OC3)C[C@@H]2C)ccc1F.C[C@H]1CN([C@@H]2CC[C@@](C(=O)N3COc4c(cc(C(F)(F)F)cc4C(F)(F)F)C3)(C3CC3)OC2)CCN1c1ccc(F)c(C(=O)O)c1.NCc1cc(C(F)(F)F)cc(C(F)(F)F)c1O.[Na+].[OH-]. The van der Waals surface area contributed by atoms with E-state index in [1.165, 1.54) is 38.5 Å². The van der Waals surface area contributed by atoms with Crippen molar-refractivity contribution in [2.75, 3.05) is 121 Å². The van der Waals surface area contributed by atoms with Gasteiger partial charge in [0.15, 0.2) is 19.1 Å². The van der Waals surface area contributed by atoms with Gasteiger partial charge in [-0.1, -0.05) is 7.43 Å². The first kappa shape index (κ1) is 113. The molecule has 3 aliphatic carbocycles. The number of piperazine rings is 3. The van der Waals surface area contributed by atoms with Crippen molar-refractivity contribution >= 4 is 52.8 Å². The van der Waals surface area contributed by atoms with Gasteiger partial charge in [0.2, 0.25) is 0 Å². The number of ether oxygens (including phenoxy) is 7. The first-order valence-electron chi connectivity index (χ1n) is 45.3. The molecule has 8 heterocycles. The van der Waals surface area contributed by atoms with Crippen LogP contribution in [0.15, 0.2) is 91.0 Å². The number of anilines is 3. The smallest absolute Gasteiger partial charge is 0.870 e. The van der Waals surface area contributed by atoms with E-state index in [0.29, 0.717) is 120 Å². The Morgan fingerprint density at radius 2 is 0.734 bits per heavy atom. The summed E-state index contributed by atoms with van der Waals surface area (Å²) in [6, 6.07) is 14.6. The van der Waals surface area contributed by atoms with Gasteiger partial charge in [-0.15, -0.1) is 0 Å². The van der Waals surface area contributed by atoms with E-state index in [1.54, 1.807) is 24.3 Å². The average Bonchev–Trinajstić information content (AvgIpc) is 1.60. The Morgan fingerprint density at radius 1 is 0.427 bits per heavy atom. The molecule has 6 saturated heterocycles. The van der Waals surface area contributed by atoms with Gasteiger partial charge in [0, 0.05) is 135 Å². The van der Waals surface area contributed by atoms with Crippen LogP contribution in [-0.4, -0.2) is 240 Å². The summed E-state index contributed by atoms with van der Waals surface area (Å²) in [6.07, 6.45) is -22.2. The first-order valence-corrected chi connectivity index (χ1v) is 45.3. The molecule has 0 bridgehead atoms. The number of esters is 2. The van der Waals surface area contributed by atoms with Gasteiger partial charge >= 0.3 is 90.5 Å². The molecular formula is C95H107F21N9NaO17. The molecule has 17 rings (SSSR count). The number of carbonyl (C=O) groups excluding carboxylic acids is 4. The summed E-state index contributed by atoms with van der Waals surface area (Å²) < 4.78 is 318. The first-order chi connectivity index (χ1) is 65.6. The van der Waals surface area contributed by atoms with E-state index in [9.17, 15) is 131 Å². The second kappa shape index (κ2) is 44.1. The molecule has 0 aromatic heterocycles. The molecule has 143 heavy (non-hydrogen) atoms. The van der Waals surface area contributed by atoms with Crippen LogP contribution in [0, 0.1) is 35.2 Å². The summed E-state index contributed by atoms with van der Waals surface area (Å²) in [5.74, 6) is -9.43. The monoisotopic (exact) mass is 2070 g/mol. The number of methoxy groups -OCH3 is 2. The van der Waals surface area contributed by atoms with Crippen LogP contribution >= 0.6 is 0 Å². The second-order valence-electron chi connectivity index (χ2n) is 37.0. The third-order valence-electron chi connectivity index (χ3n) is 28.0. The number of fused-ring (bicyclic) bond motifs is 2. The minimum Gasteiger partial charge on any atom is -0.870 e. The maximum atomic E-state index is 14.2. The number of amides is 2. The molecule has 11 aliphatic rings. The van der Waals surface area contributed by atoms with E-state index in [0.717, 1.165) is 73.3 Å². The number of nitrogens with two attached hydrogens (primary N) is 1. The number of phenols is 1. The minimum atomic E-state index is -5.09. The number of carbonyl (C=O) groups is 6. The topological polar surface area (TPSA) is 310 Å². The van der Waals surface area contributed by atoms with Crippen LogP contribution in [-0.2, 0) is 94.8 Å². The maximum absolute atomic E-state index is 14.2. The molecule has 8 aliphatic heterocycles. The molecule has 48 heteroatoms. The molecule has 6 N–H and O–H groups in total. The number of alkyl halides is 18. The number of phenolic OH excluding ortho intramolecular Hbond substituents is 1. The number of aromatic carboxylic acids is 1. The van der Waals surface area contributed by atoms with Gasteiger partial charge in [-0.25, -0.2) is 32.3 Å². The summed E-state index contributed by atoms with van der Waals surface area (Å²) in [5, 5.41) is 28.1. The Labute approximate surface area is 829 Å². The van der Waals surface area contributed by atoms with Crippen LogP contribution in [0.5, 0.6) is 17.2 Å². The van der Waals surface area contributed by atoms with E-state index >= 15 is 0 Å². The predicted molar refractivity (Wildman–Crippen MR) is 465 cm³/mol. The molecule has 0 radical (unpaired) electrons. The van der Waals surface area contributed by atoms with Crippen molar-refractivity contribution in [3.63, 3.8) is 0 Å². The van der Waals surface area contributed by atoms with Crippen molar-refractivity contribution in [1.82, 2.24) is 24.5 Å². The third-order valence-corrected chi connectivity index (χ3v) is 28.0. The number of hydrogen-bond acceptors (Lipinski definition) is 22. The zero-order chi connectivity index (χ0) is 102. The number of carboxylic acid groups (broad SMARTS) is 2. The van der Waals surface area contributed by atoms with Crippen molar-refractivity contribution in [2.24, 2.45) is 23.5 Å². The summed E-state index contributed by atoms with van der Waals surface area (Å²) in [6.45, 7) is 10.2. The van der Waals surface area contributed by atoms with Crippen molar-refractivity contribution in [3.05, 3.63) is 175 Å². The fourth-order valence-corrected chi connectivity index (χ4v) is 20.2. The van der Waals surface area contributed by atoms with E-state index < -0.39 is 202 Å². The van der Waals surface area contributed by atoms with Gasteiger partial charge in [0.25, 0.3) is 11.8 Å². The quantitative estimate of drug-likeness (QED) is 0.0397. The van der Waals surface area contributed by atoms with Gasteiger partial charge in [-0.3, -0.25) is 24.3 Å². The molecule has 6 aromatic carbocycles. The number of rotatable bonds is 16. The number of aliphatic carboxylic acids is 1. The molecule has 9 fully saturated rings. The van der Waals surface area contributed by atoms with Crippen molar-refractivity contribution < 1.29 is 204 Å². The van der Waals surface area contributed by atoms with Crippen molar-refractivity contribution in [2.45, 2.75) is 215 Å². The van der Waals surface area contributed by atoms with Crippen LogP contribution in [0.1, 0.15) is 186 Å². The number of hydrogen-bond donors (Lipinski definition) is 4. The fourth-order valence-electron chi connectivity index (χ4n) is 20.2.